The molecular formula is C19H26O2. The molecule has 0 N–H and O–H groups in total. The minimum Gasteiger partial charge on any atom is -0.446 e. The van der Waals surface area contributed by atoms with Crippen LogP contribution < -0.4 is 0 Å². The van der Waals surface area contributed by atoms with Gasteiger partial charge in [-0.3, -0.25) is 4.79 Å². The SMILES string of the molecule is CCCCCC#CC(C)(C)OC(=O)CCc1ccccc1. The van der Waals surface area contributed by atoms with Crippen molar-refractivity contribution in [1.29, 1.82) is 0 Å². The Morgan fingerprint density at radius 1 is 1.19 bits per heavy atom. The average molecular weight is 286 g/mol. The molecule has 0 spiro atoms. The summed E-state index contributed by atoms with van der Waals surface area (Å²) in [7, 11) is 0. The van der Waals surface area contributed by atoms with Crippen molar-refractivity contribution >= 4 is 5.97 Å². The minimum atomic E-state index is -0.694. The van der Waals surface area contributed by atoms with Crippen molar-refractivity contribution in [1.82, 2.24) is 0 Å². The first-order chi connectivity index (χ1) is 10.0. The van der Waals surface area contributed by atoms with Gasteiger partial charge in [0.1, 0.15) is 0 Å². The number of carbonyl (C=O) groups is 1. The molecule has 0 radical (unpaired) electrons. The van der Waals surface area contributed by atoms with Crippen LogP contribution >= 0.6 is 0 Å². The highest BCUT2D eigenvalue weighted by molar-refractivity contribution is 5.70. The molecule has 114 valence electrons. The highest BCUT2D eigenvalue weighted by Gasteiger charge is 2.19. The number of hydrogen-bond donors (Lipinski definition) is 0. The molecule has 0 bridgehead atoms. The molecule has 0 fully saturated rings. The monoisotopic (exact) mass is 286 g/mol. The van der Waals surface area contributed by atoms with Crippen LogP contribution in [-0.4, -0.2) is 11.6 Å². The Hall–Kier alpha value is -1.75. The summed E-state index contributed by atoms with van der Waals surface area (Å²) in [6.07, 6.45) is 5.48. The average Bonchev–Trinajstić information content (AvgIpc) is 2.45. The number of esters is 1. The lowest BCUT2D eigenvalue weighted by molar-refractivity contribution is -0.151. The van der Waals surface area contributed by atoms with E-state index in [-0.39, 0.29) is 5.97 Å². The standard InChI is InChI=1S/C19H26O2/c1-4-5-6-7-11-16-19(2,3)21-18(20)15-14-17-12-9-8-10-13-17/h8-10,12-13H,4-7,14-15H2,1-3H3. The Kier molecular flexibility index (Phi) is 7.61. The summed E-state index contributed by atoms with van der Waals surface area (Å²) in [6.45, 7) is 5.87. The molecule has 0 aliphatic carbocycles. The van der Waals surface area contributed by atoms with Gasteiger partial charge >= 0.3 is 5.97 Å². The molecular weight excluding hydrogens is 260 g/mol. The number of ether oxygens (including phenoxy) is 1. The van der Waals surface area contributed by atoms with Gasteiger partial charge in [0.25, 0.3) is 0 Å². The second-order valence-electron chi connectivity index (χ2n) is 5.73. The van der Waals surface area contributed by atoms with Crippen molar-refractivity contribution in [3.63, 3.8) is 0 Å². The normalized spacial score (nSPS) is 10.6. The molecule has 1 aromatic rings. The summed E-state index contributed by atoms with van der Waals surface area (Å²) in [5.41, 5.74) is 0.456. The lowest BCUT2D eigenvalue weighted by atomic mass is 10.1. The summed E-state index contributed by atoms with van der Waals surface area (Å²) in [6, 6.07) is 9.97. The van der Waals surface area contributed by atoms with E-state index in [0.717, 1.165) is 18.4 Å². The smallest absolute Gasteiger partial charge is 0.307 e. The Balaban J connectivity index is 2.34. The molecule has 1 rings (SSSR count). The third-order valence-electron chi connectivity index (χ3n) is 3.12. The van der Waals surface area contributed by atoms with E-state index in [2.05, 4.69) is 18.8 Å². The third kappa shape index (κ3) is 8.19. The first-order valence-corrected chi connectivity index (χ1v) is 7.79. The summed E-state index contributed by atoms with van der Waals surface area (Å²) < 4.78 is 5.45. The maximum Gasteiger partial charge on any atom is 0.307 e. The van der Waals surface area contributed by atoms with Gasteiger partial charge < -0.3 is 4.74 Å². The molecule has 2 heteroatoms. The van der Waals surface area contributed by atoms with Crippen LogP contribution in [0.25, 0.3) is 0 Å². The van der Waals surface area contributed by atoms with Gasteiger partial charge in [0.2, 0.25) is 0 Å². The zero-order chi connectivity index (χ0) is 15.6. The molecule has 0 aromatic heterocycles. The number of aryl methyl sites for hydroxylation is 1. The first kappa shape index (κ1) is 17.3. The summed E-state index contributed by atoms with van der Waals surface area (Å²) in [5.74, 6) is 5.98. The number of unbranched alkanes of at least 4 members (excludes halogenated alkanes) is 3. The summed E-state index contributed by atoms with van der Waals surface area (Å²) in [5, 5.41) is 0. The van der Waals surface area contributed by atoms with Crippen molar-refractivity contribution in [2.45, 2.75) is 64.9 Å². The quantitative estimate of drug-likeness (QED) is 0.418. The maximum atomic E-state index is 11.9. The van der Waals surface area contributed by atoms with E-state index in [1.54, 1.807) is 0 Å². The van der Waals surface area contributed by atoms with Crippen LogP contribution in [0.5, 0.6) is 0 Å². The Bertz CT molecular complexity index is 477. The molecule has 0 amide bonds. The van der Waals surface area contributed by atoms with Gasteiger partial charge in [-0.05, 0) is 32.3 Å². The van der Waals surface area contributed by atoms with Crippen LogP contribution in [0.4, 0.5) is 0 Å². The number of carbonyl (C=O) groups excluding carboxylic acids is 1. The number of hydrogen-bond acceptors (Lipinski definition) is 2. The highest BCUT2D eigenvalue weighted by atomic mass is 16.6. The van der Waals surface area contributed by atoms with Gasteiger partial charge in [-0.25, -0.2) is 0 Å². The minimum absolute atomic E-state index is 0.188. The van der Waals surface area contributed by atoms with Gasteiger partial charge in [-0.15, -0.1) is 0 Å². The number of benzene rings is 1. The van der Waals surface area contributed by atoms with Crippen molar-refractivity contribution in [2.75, 3.05) is 0 Å². The van der Waals surface area contributed by atoms with Crippen LogP contribution in [0.2, 0.25) is 0 Å². The van der Waals surface area contributed by atoms with Gasteiger partial charge in [-0.1, -0.05) is 61.9 Å². The first-order valence-electron chi connectivity index (χ1n) is 7.79. The van der Waals surface area contributed by atoms with E-state index < -0.39 is 5.60 Å². The zero-order valence-electron chi connectivity index (χ0n) is 13.4. The van der Waals surface area contributed by atoms with E-state index in [4.69, 9.17) is 4.74 Å². The van der Waals surface area contributed by atoms with Crippen LogP contribution in [0.3, 0.4) is 0 Å². The van der Waals surface area contributed by atoms with Gasteiger partial charge in [0.15, 0.2) is 5.60 Å². The van der Waals surface area contributed by atoms with Gasteiger partial charge in [0.05, 0.1) is 0 Å². The largest absolute Gasteiger partial charge is 0.446 e. The lowest BCUT2D eigenvalue weighted by Crippen LogP contribution is -2.26. The summed E-state index contributed by atoms with van der Waals surface area (Å²) in [4.78, 5) is 11.9. The van der Waals surface area contributed by atoms with Crippen LogP contribution in [0.15, 0.2) is 30.3 Å². The van der Waals surface area contributed by atoms with Crippen LogP contribution in [0.1, 0.15) is 58.4 Å². The van der Waals surface area contributed by atoms with Crippen LogP contribution in [0, 0.1) is 11.8 Å². The molecule has 0 saturated carbocycles. The van der Waals surface area contributed by atoms with E-state index in [9.17, 15) is 4.79 Å². The second kappa shape index (κ2) is 9.23. The fraction of sp³-hybridized carbons (Fsp3) is 0.526. The maximum absolute atomic E-state index is 11.9. The molecule has 0 saturated heterocycles. The fourth-order valence-corrected chi connectivity index (χ4v) is 1.99. The van der Waals surface area contributed by atoms with Gasteiger partial charge in [0, 0.05) is 12.8 Å². The molecule has 0 aliphatic heterocycles. The number of rotatable bonds is 7. The topological polar surface area (TPSA) is 26.3 Å². The summed E-state index contributed by atoms with van der Waals surface area (Å²) >= 11 is 0. The molecule has 0 heterocycles. The molecule has 2 nitrogen and oxygen atoms in total. The van der Waals surface area contributed by atoms with E-state index in [0.29, 0.717) is 12.8 Å². The van der Waals surface area contributed by atoms with Crippen molar-refractivity contribution < 1.29 is 9.53 Å². The van der Waals surface area contributed by atoms with Crippen LogP contribution in [-0.2, 0) is 16.0 Å². The predicted molar refractivity (Wildman–Crippen MR) is 86.9 cm³/mol. The Morgan fingerprint density at radius 2 is 1.90 bits per heavy atom. The zero-order valence-corrected chi connectivity index (χ0v) is 13.4. The van der Waals surface area contributed by atoms with Gasteiger partial charge in [-0.2, -0.15) is 0 Å². The third-order valence-corrected chi connectivity index (χ3v) is 3.12. The molecule has 1 aromatic carbocycles. The Morgan fingerprint density at radius 3 is 2.57 bits per heavy atom. The van der Waals surface area contributed by atoms with E-state index in [1.807, 2.05) is 44.2 Å². The molecule has 0 aliphatic rings. The predicted octanol–water partition coefficient (Wildman–Crippen LogP) is 4.52. The van der Waals surface area contributed by atoms with Crippen molar-refractivity contribution in [3.05, 3.63) is 35.9 Å². The Labute approximate surface area is 128 Å². The van der Waals surface area contributed by atoms with Crippen molar-refractivity contribution in [2.24, 2.45) is 0 Å². The molecule has 0 unspecified atom stereocenters. The second-order valence-corrected chi connectivity index (χ2v) is 5.73. The molecule has 21 heavy (non-hydrogen) atoms. The van der Waals surface area contributed by atoms with E-state index >= 15 is 0 Å². The van der Waals surface area contributed by atoms with Crippen molar-refractivity contribution in [3.8, 4) is 11.8 Å². The fourth-order valence-electron chi connectivity index (χ4n) is 1.99. The highest BCUT2D eigenvalue weighted by Crippen LogP contribution is 2.11. The molecule has 0 atom stereocenters. The lowest BCUT2D eigenvalue weighted by Gasteiger charge is -2.18. The van der Waals surface area contributed by atoms with E-state index in [1.165, 1.54) is 12.8 Å².